The highest BCUT2D eigenvalue weighted by atomic mass is 32.2. The molecule has 0 bridgehead atoms. The Labute approximate surface area is 54.3 Å². The molecule has 0 aromatic rings. The molecule has 2 heteroatoms. The molecule has 0 amide bonds. The lowest BCUT2D eigenvalue weighted by molar-refractivity contribution is 0.673. The summed E-state index contributed by atoms with van der Waals surface area (Å²) in [6, 6.07) is 0. The van der Waals surface area contributed by atoms with Gasteiger partial charge in [0.2, 0.25) is 0 Å². The molecule has 0 fully saturated rings. The second-order valence-electron chi connectivity index (χ2n) is 2.55. The van der Waals surface area contributed by atoms with Crippen molar-refractivity contribution in [3.8, 4) is 0 Å². The third-order valence-electron chi connectivity index (χ3n) is 1.14. The molecule has 0 spiro atoms. The monoisotopic (exact) mass is 129 g/mol. The van der Waals surface area contributed by atoms with Crippen molar-refractivity contribution in [3.63, 3.8) is 0 Å². The van der Waals surface area contributed by atoms with Gasteiger partial charge < -0.3 is 5.73 Å². The summed E-state index contributed by atoms with van der Waals surface area (Å²) in [7, 11) is 0. The van der Waals surface area contributed by atoms with E-state index in [0.717, 1.165) is 5.75 Å². The van der Waals surface area contributed by atoms with Crippen LogP contribution in [-0.4, -0.2) is 11.3 Å². The molecule has 1 atom stereocenters. The zero-order valence-electron chi connectivity index (χ0n) is 5.27. The first-order valence-corrected chi connectivity index (χ1v) is 3.70. The van der Waals surface area contributed by atoms with Crippen molar-refractivity contribution >= 4 is 11.8 Å². The molecule has 0 aromatic heterocycles. The van der Waals surface area contributed by atoms with Gasteiger partial charge in [-0.3, -0.25) is 0 Å². The van der Waals surface area contributed by atoms with Crippen LogP contribution in [0.15, 0.2) is 11.0 Å². The molecule has 1 rings (SSSR count). The van der Waals surface area contributed by atoms with E-state index in [1.807, 2.05) is 11.8 Å². The molecule has 0 saturated carbocycles. The standard InChI is InChI=1S/C6H11NS/c1-5-3-6(2,7)4-8-5/h3H,4,7H2,1-2H3. The van der Waals surface area contributed by atoms with Gasteiger partial charge in [-0.1, -0.05) is 6.08 Å². The highest BCUT2D eigenvalue weighted by Gasteiger charge is 2.21. The van der Waals surface area contributed by atoms with E-state index in [0.29, 0.717) is 0 Å². The van der Waals surface area contributed by atoms with Crippen molar-refractivity contribution in [2.45, 2.75) is 19.4 Å². The third kappa shape index (κ3) is 1.26. The zero-order chi connectivity index (χ0) is 6.20. The van der Waals surface area contributed by atoms with Crippen LogP contribution in [-0.2, 0) is 0 Å². The summed E-state index contributed by atoms with van der Waals surface area (Å²) < 4.78 is 0. The Morgan fingerprint density at radius 1 is 1.88 bits per heavy atom. The van der Waals surface area contributed by atoms with Gasteiger partial charge in [0.15, 0.2) is 0 Å². The number of allylic oxidation sites excluding steroid dienone is 1. The van der Waals surface area contributed by atoms with Crippen LogP contribution in [0.4, 0.5) is 0 Å². The number of hydrogen-bond acceptors (Lipinski definition) is 2. The average Bonchev–Trinajstić information content (AvgIpc) is 1.82. The summed E-state index contributed by atoms with van der Waals surface area (Å²) in [4.78, 5) is 1.36. The summed E-state index contributed by atoms with van der Waals surface area (Å²) in [5.41, 5.74) is 5.74. The van der Waals surface area contributed by atoms with E-state index in [1.54, 1.807) is 0 Å². The predicted octanol–water partition coefficient (Wildman–Crippen LogP) is 1.35. The molecule has 0 aromatic carbocycles. The van der Waals surface area contributed by atoms with E-state index in [9.17, 15) is 0 Å². The Hall–Kier alpha value is 0.0500. The molecule has 1 aliphatic heterocycles. The average molecular weight is 129 g/mol. The third-order valence-corrected chi connectivity index (χ3v) is 2.48. The Morgan fingerprint density at radius 3 is 2.62 bits per heavy atom. The summed E-state index contributed by atoms with van der Waals surface area (Å²) in [5, 5.41) is 0. The van der Waals surface area contributed by atoms with E-state index >= 15 is 0 Å². The van der Waals surface area contributed by atoms with E-state index < -0.39 is 0 Å². The van der Waals surface area contributed by atoms with Crippen LogP contribution in [0.2, 0.25) is 0 Å². The number of thioether (sulfide) groups is 1. The fourth-order valence-electron chi connectivity index (χ4n) is 0.817. The van der Waals surface area contributed by atoms with Gasteiger partial charge in [-0.2, -0.15) is 0 Å². The van der Waals surface area contributed by atoms with Gasteiger partial charge >= 0.3 is 0 Å². The summed E-state index contributed by atoms with van der Waals surface area (Å²) >= 11 is 1.84. The van der Waals surface area contributed by atoms with Gasteiger partial charge in [0.05, 0.1) is 0 Å². The van der Waals surface area contributed by atoms with Crippen LogP contribution < -0.4 is 5.73 Å². The number of rotatable bonds is 0. The fraction of sp³-hybridized carbons (Fsp3) is 0.667. The van der Waals surface area contributed by atoms with Gasteiger partial charge in [0.25, 0.3) is 0 Å². The highest BCUT2D eigenvalue weighted by Crippen LogP contribution is 2.29. The lowest BCUT2D eigenvalue weighted by Gasteiger charge is -2.11. The molecule has 1 aliphatic rings. The molecule has 1 heterocycles. The molecular weight excluding hydrogens is 118 g/mol. The predicted molar refractivity (Wildman–Crippen MR) is 38.8 cm³/mol. The van der Waals surface area contributed by atoms with Crippen LogP contribution in [0.5, 0.6) is 0 Å². The topological polar surface area (TPSA) is 26.0 Å². The first-order chi connectivity index (χ1) is 3.60. The maximum atomic E-state index is 5.77. The summed E-state index contributed by atoms with van der Waals surface area (Å²) in [6.45, 7) is 4.15. The minimum absolute atomic E-state index is 0.0330. The van der Waals surface area contributed by atoms with Crippen molar-refractivity contribution in [2.24, 2.45) is 5.73 Å². The van der Waals surface area contributed by atoms with Crippen molar-refractivity contribution in [2.75, 3.05) is 5.75 Å². The number of nitrogens with two attached hydrogens (primary N) is 1. The summed E-state index contributed by atoms with van der Waals surface area (Å²) in [6.07, 6.45) is 2.12. The van der Waals surface area contributed by atoms with Gasteiger partial charge in [-0.25, -0.2) is 0 Å². The second-order valence-corrected chi connectivity index (χ2v) is 3.77. The molecule has 46 valence electrons. The van der Waals surface area contributed by atoms with E-state index in [-0.39, 0.29) is 5.54 Å². The first kappa shape index (κ1) is 6.17. The van der Waals surface area contributed by atoms with Gasteiger partial charge in [-0.15, -0.1) is 11.8 Å². The van der Waals surface area contributed by atoms with Gasteiger partial charge in [0.1, 0.15) is 0 Å². The van der Waals surface area contributed by atoms with Gasteiger partial charge in [0, 0.05) is 11.3 Å². The van der Waals surface area contributed by atoms with Crippen molar-refractivity contribution in [1.29, 1.82) is 0 Å². The smallest absolute Gasteiger partial charge is 0.0416 e. The molecule has 1 unspecified atom stereocenters. The minimum atomic E-state index is -0.0330. The van der Waals surface area contributed by atoms with Crippen LogP contribution in [0.1, 0.15) is 13.8 Å². The first-order valence-electron chi connectivity index (χ1n) is 2.71. The molecular formula is C6H11NS. The van der Waals surface area contributed by atoms with Crippen LogP contribution >= 0.6 is 11.8 Å². The normalized spacial score (nSPS) is 37.6. The zero-order valence-corrected chi connectivity index (χ0v) is 6.09. The van der Waals surface area contributed by atoms with Crippen molar-refractivity contribution in [3.05, 3.63) is 11.0 Å². The Balaban J connectivity index is 2.67. The molecule has 0 saturated heterocycles. The second kappa shape index (κ2) is 1.78. The van der Waals surface area contributed by atoms with E-state index in [1.165, 1.54) is 4.91 Å². The minimum Gasteiger partial charge on any atom is -0.321 e. The fourth-order valence-corrected chi connectivity index (χ4v) is 1.79. The lowest BCUT2D eigenvalue weighted by Crippen LogP contribution is -2.33. The van der Waals surface area contributed by atoms with Crippen molar-refractivity contribution in [1.82, 2.24) is 0 Å². The number of hydrogen-bond donors (Lipinski definition) is 1. The largest absolute Gasteiger partial charge is 0.321 e. The van der Waals surface area contributed by atoms with E-state index in [2.05, 4.69) is 19.9 Å². The van der Waals surface area contributed by atoms with Crippen molar-refractivity contribution < 1.29 is 0 Å². The SMILES string of the molecule is CC1=CC(C)(N)CS1. The highest BCUT2D eigenvalue weighted by molar-refractivity contribution is 8.03. The quantitative estimate of drug-likeness (QED) is 0.534. The van der Waals surface area contributed by atoms with Crippen LogP contribution in [0.3, 0.4) is 0 Å². The molecule has 0 radical (unpaired) electrons. The lowest BCUT2D eigenvalue weighted by atomic mass is 10.1. The molecule has 2 N–H and O–H groups in total. The molecule has 0 aliphatic carbocycles. The Morgan fingerprint density at radius 2 is 2.50 bits per heavy atom. The Kier molecular flexibility index (Phi) is 1.37. The Bertz CT molecular complexity index is 126. The maximum Gasteiger partial charge on any atom is 0.0416 e. The van der Waals surface area contributed by atoms with Gasteiger partial charge in [-0.05, 0) is 18.8 Å². The molecule has 1 nitrogen and oxygen atoms in total. The maximum absolute atomic E-state index is 5.77. The summed E-state index contributed by atoms with van der Waals surface area (Å²) in [5.74, 6) is 1.04. The van der Waals surface area contributed by atoms with Crippen LogP contribution in [0.25, 0.3) is 0 Å². The van der Waals surface area contributed by atoms with E-state index in [4.69, 9.17) is 5.73 Å². The van der Waals surface area contributed by atoms with Crippen LogP contribution in [0, 0.1) is 0 Å². The molecule has 8 heavy (non-hydrogen) atoms.